The van der Waals surface area contributed by atoms with Gasteiger partial charge in [0.05, 0.1) is 0 Å². The topological polar surface area (TPSA) is 109 Å². The Kier molecular flexibility index (Phi) is 4.62. The molecule has 1 aromatic rings. The molecule has 1 aliphatic carbocycles. The van der Waals surface area contributed by atoms with Crippen molar-refractivity contribution in [2.75, 3.05) is 7.05 Å². The Morgan fingerprint density at radius 1 is 1.14 bits per heavy atom. The zero-order valence-corrected chi connectivity index (χ0v) is 11.7. The first kappa shape index (κ1) is 15.1. The Morgan fingerprint density at radius 2 is 1.76 bits per heavy atom. The highest BCUT2D eigenvalue weighted by atomic mass is 16.4. The van der Waals surface area contributed by atoms with Crippen LogP contribution in [0.3, 0.4) is 0 Å². The number of aromatic carboxylic acids is 1. The third kappa shape index (κ3) is 3.62. The minimum Gasteiger partial charge on any atom is -0.475 e. The smallest absolute Gasteiger partial charge is 0.371 e. The van der Waals surface area contributed by atoms with E-state index in [9.17, 15) is 14.4 Å². The number of carboxylic acids is 1. The molecule has 0 atom stereocenters. The van der Waals surface area contributed by atoms with Crippen LogP contribution in [-0.2, 0) is 4.79 Å². The summed E-state index contributed by atoms with van der Waals surface area (Å²) in [4.78, 5) is 34.2. The van der Waals surface area contributed by atoms with E-state index in [1.807, 2.05) is 0 Å². The summed E-state index contributed by atoms with van der Waals surface area (Å²) in [6, 6.07) is 2.58. The fraction of sp³-hybridized carbons (Fsp3) is 0.500. The average Bonchev–Trinajstić information content (AvgIpc) is 2.97. The van der Waals surface area contributed by atoms with Gasteiger partial charge in [-0.1, -0.05) is 0 Å². The maximum absolute atomic E-state index is 11.9. The molecule has 21 heavy (non-hydrogen) atoms. The molecule has 1 aliphatic rings. The van der Waals surface area contributed by atoms with Gasteiger partial charge >= 0.3 is 5.97 Å². The Balaban J connectivity index is 1.86. The maximum atomic E-state index is 11.9. The van der Waals surface area contributed by atoms with E-state index in [0.29, 0.717) is 0 Å². The van der Waals surface area contributed by atoms with Gasteiger partial charge in [0, 0.05) is 19.0 Å². The third-order valence-corrected chi connectivity index (χ3v) is 3.72. The number of carbonyl (C=O) groups excluding carboxylic acids is 2. The zero-order valence-electron chi connectivity index (χ0n) is 11.7. The minimum absolute atomic E-state index is 0.00498. The predicted octanol–water partition coefficient (Wildman–Crippen LogP) is 1.01. The standard InChI is InChI=1S/C14H18N2O5/c1-15-12(17)8-2-4-9(5-3-8)16-13(18)10-6-7-11(21-10)14(19)20/h6-9H,2-5H2,1H3,(H,15,17)(H,16,18)(H,19,20). The molecule has 1 aromatic heterocycles. The third-order valence-electron chi connectivity index (χ3n) is 3.72. The van der Waals surface area contributed by atoms with Crippen LogP contribution in [0.25, 0.3) is 0 Å². The zero-order chi connectivity index (χ0) is 15.4. The summed E-state index contributed by atoms with van der Waals surface area (Å²) >= 11 is 0. The van der Waals surface area contributed by atoms with Crippen LogP contribution in [0.1, 0.15) is 46.8 Å². The van der Waals surface area contributed by atoms with Crippen LogP contribution in [0.2, 0.25) is 0 Å². The lowest BCUT2D eigenvalue weighted by molar-refractivity contribution is -0.125. The minimum atomic E-state index is -1.21. The summed E-state index contributed by atoms with van der Waals surface area (Å²) in [5, 5.41) is 14.2. The first-order chi connectivity index (χ1) is 10.0. The van der Waals surface area contributed by atoms with Gasteiger partial charge in [0.2, 0.25) is 11.7 Å². The molecule has 0 spiro atoms. The van der Waals surface area contributed by atoms with E-state index in [1.165, 1.54) is 12.1 Å². The van der Waals surface area contributed by atoms with Crippen molar-refractivity contribution in [1.82, 2.24) is 10.6 Å². The second kappa shape index (κ2) is 6.43. The highest BCUT2D eigenvalue weighted by molar-refractivity contribution is 5.93. The summed E-state index contributed by atoms with van der Waals surface area (Å²) in [7, 11) is 1.62. The number of hydrogen-bond acceptors (Lipinski definition) is 4. The van der Waals surface area contributed by atoms with E-state index < -0.39 is 11.9 Å². The molecule has 7 nitrogen and oxygen atoms in total. The van der Waals surface area contributed by atoms with Crippen LogP contribution < -0.4 is 10.6 Å². The van der Waals surface area contributed by atoms with Gasteiger partial charge in [-0.3, -0.25) is 9.59 Å². The molecule has 0 unspecified atom stereocenters. The quantitative estimate of drug-likeness (QED) is 0.768. The summed E-state index contributed by atoms with van der Waals surface area (Å²) < 4.78 is 4.95. The molecule has 0 saturated heterocycles. The molecule has 0 radical (unpaired) electrons. The summed E-state index contributed by atoms with van der Waals surface area (Å²) in [5.41, 5.74) is 0. The van der Waals surface area contributed by atoms with Gasteiger partial charge in [-0.15, -0.1) is 0 Å². The molecule has 0 bridgehead atoms. The van der Waals surface area contributed by atoms with Crippen molar-refractivity contribution >= 4 is 17.8 Å². The lowest BCUT2D eigenvalue weighted by Crippen LogP contribution is -2.40. The van der Waals surface area contributed by atoms with Gasteiger partial charge in [-0.2, -0.15) is 0 Å². The molecule has 1 heterocycles. The molecule has 2 rings (SSSR count). The van der Waals surface area contributed by atoms with Crippen LogP contribution >= 0.6 is 0 Å². The number of carbonyl (C=O) groups is 3. The van der Waals surface area contributed by atoms with Gasteiger partial charge in [0.25, 0.3) is 5.91 Å². The van der Waals surface area contributed by atoms with Gasteiger partial charge in [0.15, 0.2) is 5.76 Å². The van der Waals surface area contributed by atoms with Crippen LogP contribution in [0, 0.1) is 5.92 Å². The van der Waals surface area contributed by atoms with Crippen LogP contribution in [0.15, 0.2) is 16.5 Å². The number of carboxylic acid groups (broad SMARTS) is 1. The predicted molar refractivity (Wildman–Crippen MR) is 72.9 cm³/mol. The number of hydrogen-bond donors (Lipinski definition) is 3. The fourth-order valence-electron chi connectivity index (χ4n) is 2.54. The van der Waals surface area contributed by atoms with E-state index in [2.05, 4.69) is 10.6 Å². The van der Waals surface area contributed by atoms with Crippen LogP contribution in [0.4, 0.5) is 0 Å². The molecule has 7 heteroatoms. The van der Waals surface area contributed by atoms with Crippen LogP contribution in [-0.4, -0.2) is 36.0 Å². The van der Waals surface area contributed by atoms with Gasteiger partial charge in [0.1, 0.15) is 0 Å². The first-order valence-corrected chi connectivity index (χ1v) is 6.87. The lowest BCUT2D eigenvalue weighted by Gasteiger charge is -2.27. The first-order valence-electron chi connectivity index (χ1n) is 6.87. The number of rotatable bonds is 4. The van der Waals surface area contributed by atoms with Crippen molar-refractivity contribution in [3.05, 3.63) is 23.7 Å². The molecule has 1 fully saturated rings. The van der Waals surface area contributed by atoms with Crippen LogP contribution in [0.5, 0.6) is 0 Å². The number of nitrogens with one attached hydrogen (secondary N) is 2. The second-order valence-corrected chi connectivity index (χ2v) is 5.11. The summed E-state index contributed by atoms with van der Waals surface area (Å²) in [6.07, 6.45) is 2.89. The van der Waals surface area contributed by atoms with Crippen molar-refractivity contribution in [3.8, 4) is 0 Å². The van der Waals surface area contributed by atoms with Crippen molar-refractivity contribution in [3.63, 3.8) is 0 Å². The van der Waals surface area contributed by atoms with Gasteiger partial charge < -0.3 is 20.2 Å². The number of furan rings is 1. The fourth-order valence-corrected chi connectivity index (χ4v) is 2.54. The molecule has 3 N–H and O–H groups in total. The van der Waals surface area contributed by atoms with Crippen molar-refractivity contribution in [2.24, 2.45) is 5.92 Å². The molecule has 0 aliphatic heterocycles. The molecule has 1 saturated carbocycles. The second-order valence-electron chi connectivity index (χ2n) is 5.11. The largest absolute Gasteiger partial charge is 0.475 e. The van der Waals surface area contributed by atoms with E-state index in [1.54, 1.807) is 7.05 Å². The maximum Gasteiger partial charge on any atom is 0.371 e. The van der Waals surface area contributed by atoms with E-state index in [-0.39, 0.29) is 29.4 Å². The normalized spacial score (nSPS) is 21.6. The molecule has 114 valence electrons. The van der Waals surface area contributed by atoms with E-state index in [0.717, 1.165) is 25.7 Å². The van der Waals surface area contributed by atoms with Gasteiger partial charge in [-0.25, -0.2) is 4.79 Å². The molecule has 0 aromatic carbocycles. The lowest BCUT2D eigenvalue weighted by atomic mass is 9.85. The Morgan fingerprint density at radius 3 is 2.29 bits per heavy atom. The highest BCUT2D eigenvalue weighted by Crippen LogP contribution is 2.24. The summed E-state index contributed by atoms with van der Waals surface area (Å²) in [5.74, 6) is -1.86. The SMILES string of the molecule is CNC(=O)C1CCC(NC(=O)c2ccc(C(=O)O)o2)CC1. The van der Waals surface area contributed by atoms with E-state index in [4.69, 9.17) is 9.52 Å². The Hall–Kier alpha value is -2.31. The highest BCUT2D eigenvalue weighted by Gasteiger charge is 2.27. The Labute approximate surface area is 121 Å². The van der Waals surface area contributed by atoms with E-state index >= 15 is 0 Å². The van der Waals surface area contributed by atoms with Crippen molar-refractivity contribution < 1.29 is 23.9 Å². The summed E-state index contributed by atoms with van der Waals surface area (Å²) in [6.45, 7) is 0. The monoisotopic (exact) mass is 294 g/mol. The molecular formula is C14H18N2O5. The van der Waals surface area contributed by atoms with Crippen molar-refractivity contribution in [2.45, 2.75) is 31.7 Å². The molecule has 2 amide bonds. The molecular weight excluding hydrogens is 276 g/mol. The Bertz CT molecular complexity index is 543. The number of amides is 2. The van der Waals surface area contributed by atoms with Crippen molar-refractivity contribution in [1.29, 1.82) is 0 Å². The van der Waals surface area contributed by atoms with Gasteiger partial charge in [-0.05, 0) is 37.8 Å². The average molecular weight is 294 g/mol.